The molecule has 1 unspecified atom stereocenters. The molecule has 1 aliphatic heterocycles. The topological polar surface area (TPSA) is 55.0 Å². The highest BCUT2D eigenvalue weighted by Gasteiger charge is 2.42. The summed E-state index contributed by atoms with van der Waals surface area (Å²) in [6.45, 7) is 6.33. The molecule has 5 heteroatoms. The van der Waals surface area contributed by atoms with E-state index in [9.17, 15) is 0 Å². The van der Waals surface area contributed by atoms with Gasteiger partial charge in [0.2, 0.25) is 5.95 Å². The zero-order chi connectivity index (χ0) is 11.4. The Morgan fingerprint density at radius 2 is 2.00 bits per heavy atom. The first-order valence-electron chi connectivity index (χ1n) is 5.02. The van der Waals surface area contributed by atoms with Crippen LogP contribution in [0.5, 0.6) is 0 Å². The van der Waals surface area contributed by atoms with Crippen molar-refractivity contribution in [2.45, 2.75) is 32.4 Å². The van der Waals surface area contributed by atoms with Crippen LogP contribution < -0.4 is 11.3 Å². The van der Waals surface area contributed by atoms with Crippen molar-refractivity contribution in [2.75, 3.05) is 12.8 Å². The first kappa shape index (κ1) is 10.4. The lowest BCUT2D eigenvalue weighted by atomic mass is 9.86. The van der Waals surface area contributed by atoms with Gasteiger partial charge in [-0.2, -0.15) is 0 Å². The summed E-state index contributed by atoms with van der Waals surface area (Å²) in [5.41, 5.74) is 7.93. The molecule has 2 rings (SSSR count). The van der Waals surface area contributed by atoms with E-state index in [1.165, 1.54) is 0 Å². The molecule has 78 valence electrons. The summed E-state index contributed by atoms with van der Waals surface area (Å²) in [5.74, 6) is 0.254. The Kier molecular flexibility index (Phi) is 2.05. The number of nitrogens with two attached hydrogens (primary N) is 1. The first-order valence-corrected chi connectivity index (χ1v) is 5.02. The maximum absolute atomic E-state index is 5.92. The normalized spacial score (nSPS) is 24.1. The smallest absolute Gasteiger partial charge is 0.219 e. The van der Waals surface area contributed by atoms with Crippen LogP contribution in [0.3, 0.4) is 0 Å². The minimum Gasteiger partial charge on any atom is -0.368 e. The van der Waals surface area contributed by atoms with Gasteiger partial charge in [0.05, 0.1) is 11.7 Å². The van der Waals surface area contributed by atoms with Crippen molar-refractivity contribution < 1.29 is 0 Å². The fourth-order valence-corrected chi connectivity index (χ4v) is 2.29. The van der Waals surface area contributed by atoms with Gasteiger partial charge < -0.3 is 5.73 Å². The van der Waals surface area contributed by atoms with E-state index in [0.29, 0.717) is 5.59 Å². The Labute approximate surface area is 91.3 Å². The quantitative estimate of drug-likeness (QED) is 0.606. The molecule has 1 atom stereocenters. The summed E-state index contributed by atoms with van der Waals surface area (Å²) in [4.78, 5) is 10.5. The molecule has 2 heterocycles. The van der Waals surface area contributed by atoms with E-state index in [-0.39, 0.29) is 17.5 Å². The van der Waals surface area contributed by atoms with Gasteiger partial charge in [-0.3, -0.25) is 4.90 Å². The van der Waals surface area contributed by atoms with E-state index >= 15 is 0 Å². The van der Waals surface area contributed by atoms with Crippen LogP contribution in [0, 0.1) is 0 Å². The summed E-state index contributed by atoms with van der Waals surface area (Å²) >= 11 is 0. The Bertz CT molecular complexity index is 416. The molecule has 0 saturated carbocycles. The highest BCUT2D eigenvalue weighted by molar-refractivity contribution is 6.32. The molecule has 2 radical (unpaired) electrons. The van der Waals surface area contributed by atoms with Gasteiger partial charge in [0, 0.05) is 11.1 Å². The second kappa shape index (κ2) is 2.95. The SMILES string of the molecule is [B]c1nc(N)nc2c1C(C)(C)N(C)C2C. The van der Waals surface area contributed by atoms with Crippen molar-refractivity contribution in [3.05, 3.63) is 11.3 Å². The average Bonchev–Trinajstić information content (AvgIpc) is 2.27. The number of nitrogen functional groups attached to an aromatic ring is 1. The van der Waals surface area contributed by atoms with Crippen LogP contribution in [0.1, 0.15) is 38.1 Å². The molecule has 0 aliphatic carbocycles. The van der Waals surface area contributed by atoms with Gasteiger partial charge in [-0.25, -0.2) is 9.97 Å². The minimum absolute atomic E-state index is 0.132. The number of aromatic nitrogens is 2. The van der Waals surface area contributed by atoms with E-state index in [4.69, 9.17) is 13.6 Å². The number of fused-ring (bicyclic) bond motifs is 1. The lowest BCUT2D eigenvalue weighted by molar-refractivity contribution is 0.141. The number of anilines is 1. The summed E-state index contributed by atoms with van der Waals surface area (Å²) in [6, 6.07) is 0.225. The van der Waals surface area contributed by atoms with Crippen molar-refractivity contribution >= 4 is 19.4 Å². The molecule has 2 N–H and O–H groups in total. The number of rotatable bonds is 0. The molecule has 1 aliphatic rings. The van der Waals surface area contributed by atoms with Crippen LogP contribution >= 0.6 is 0 Å². The van der Waals surface area contributed by atoms with Crippen molar-refractivity contribution in [3.8, 4) is 0 Å². The highest BCUT2D eigenvalue weighted by atomic mass is 15.2. The molecule has 4 nitrogen and oxygen atoms in total. The van der Waals surface area contributed by atoms with Crippen molar-refractivity contribution in [1.29, 1.82) is 0 Å². The van der Waals surface area contributed by atoms with Gasteiger partial charge >= 0.3 is 0 Å². The lowest BCUT2D eigenvalue weighted by Crippen LogP contribution is -2.36. The van der Waals surface area contributed by atoms with Gasteiger partial charge in [-0.15, -0.1) is 0 Å². The van der Waals surface area contributed by atoms with Gasteiger partial charge in [0.25, 0.3) is 0 Å². The molecular formula is C10H15BN4. The van der Waals surface area contributed by atoms with Crippen molar-refractivity contribution in [1.82, 2.24) is 14.9 Å². The maximum Gasteiger partial charge on any atom is 0.219 e. The molecule has 0 bridgehead atoms. The highest BCUT2D eigenvalue weighted by Crippen LogP contribution is 2.42. The largest absolute Gasteiger partial charge is 0.368 e. The fourth-order valence-electron chi connectivity index (χ4n) is 2.29. The molecule has 0 saturated heterocycles. The predicted molar refractivity (Wildman–Crippen MR) is 61.0 cm³/mol. The third kappa shape index (κ3) is 1.26. The van der Waals surface area contributed by atoms with Crippen LogP contribution in [0.25, 0.3) is 0 Å². The van der Waals surface area contributed by atoms with E-state index in [2.05, 4.69) is 42.7 Å². The Morgan fingerprint density at radius 1 is 1.40 bits per heavy atom. The van der Waals surface area contributed by atoms with Gasteiger partial charge in [-0.05, 0) is 33.4 Å². The van der Waals surface area contributed by atoms with Crippen LogP contribution in [0.4, 0.5) is 5.95 Å². The van der Waals surface area contributed by atoms with Crippen LogP contribution in [-0.2, 0) is 5.54 Å². The van der Waals surface area contributed by atoms with E-state index in [0.717, 1.165) is 11.3 Å². The first-order chi connectivity index (χ1) is 6.85. The number of hydrogen-bond donors (Lipinski definition) is 1. The molecule has 15 heavy (non-hydrogen) atoms. The molecule has 0 aromatic carbocycles. The molecular weight excluding hydrogens is 187 g/mol. The Hall–Kier alpha value is -1.10. The average molecular weight is 202 g/mol. The van der Waals surface area contributed by atoms with Crippen LogP contribution in [0.15, 0.2) is 0 Å². The summed E-state index contributed by atoms with van der Waals surface area (Å²) in [5, 5.41) is 0. The van der Waals surface area contributed by atoms with E-state index in [1.807, 2.05) is 0 Å². The van der Waals surface area contributed by atoms with E-state index in [1.54, 1.807) is 0 Å². The van der Waals surface area contributed by atoms with E-state index < -0.39 is 0 Å². The Balaban J connectivity index is 2.72. The molecule has 1 aromatic heterocycles. The van der Waals surface area contributed by atoms with Crippen molar-refractivity contribution in [2.24, 2.45) is 0 Å². The predicted octanol–water partition coefficient (Wildman–Crippen LogP) is 0.0941. The number of hydrogen-bond acceptors (Lipinski definition) is 4. The van der Waals surface area contributed by atoms with Gasteiger partial charge in [0.1, 0.15) is 7.85 Å². The fraction of sp³-hybridized carbons (Fsp3) is 0.600. The third-order valence-electron chi connectivity index (χ3n) is 3.45. The van der Waals surface area contributed by atoms with Crippen LogP contribution in [-0.4, -0.2) is 29.8 Å². The zero-order valence-corrected chi connectivity index (χ0v) is 9.57. The summed E-state index contributed by atoms with van der Waals surface area (Å²) in [6.07, 6.45) is 0. The molecule has 0 amide bonds. The third-order valence-corrected chi connectivity index (χ3v) is 3.45. The summed E-state index contributed by atoms with van der Waals surface area (Å²) in [7, 11) is 7.97. The minimum atomic E-state index is -0.132. The second-order valence-corrected chi connectivity index (χ2v) is 4.57. The summed E-state index contributed by atoms with van der Waals surface area (Å²) < 4.78 is 0. The van der Waals surface area contributed by atoms with Gasteiger partial charge in [-0.1, -0.05) is 0 Å². The molecule has 0 spiro atoms. The maximum atomic E-state index is 5.92. The van der Waals surface area contributed by atoms with Crippen LogP contribution in [0.2, 0.25) is 0 Å². The second-order valence-electron chi connectivity index (χ2n) is 4.57. The zero-order valence-electron chi connectivity index (χ0n) is 9.57. The Morgan fingerprint density at radius 3 is 2.60 bits per heavy atom. The molecule has 0 fully saturated rings. The van der Waals surface area contributed by atoms with Gasteiger partial charge in [0.15, 0.2) is 0 Å². The molecule has 1 aromatic rings. The number of nitrogens with zero attached hydrogens (tertiary/aromatic N) is 3. The van der Waals surface area contributed by atoms with Crippen molar-refractivity contribution in [3.63, 3.8) is 0 Å². The monoisotopic (exact) mass is 202 g/mol. The standard InChI is InChI=1S/C10H15BN4/c1-5-7-6(10(2,3)15(5)4)8(11)14-9(12)13-7/h5H,1-4H3,(H2,12,13,14). The lowest BCUT2D eigenvalue weighted by Gasteiger charge is -2.31.